The highest BCUT2D eigenvalue weighted by Crippen LogP contribution is 2.34. The van der Waals surface area contributed by atoms with Gasteiger partial charge in [-0.25, -0.2) is 4.98 Å². The zero-order valence-electron chi connectivity index (χ0n) is 15.0. The van der Waals surface area contributed by atoms with Gasteiger partial charge in [-0.2, -0.15) is 0 Å². The van der Waals surface area contributed by atoms with Gasteiger partial charge in [-0.1, -0.05) is 11.8 Å². The van der Waals surface area contributed by atoms with E-state index >= 15 is 0 Å². The molecule has 0 spiro atoms. The fourth-order valence-electron chi connectivity index (χ4n) is 3.82. The van der Waals surface area contributed by atoms with Crippen LogP contribution in [0.5, 0.6) is 0 Å². The molecule has 8 heteroatoms. The molecule has 26 heavy (non-hydrogen) atoms. The van der Waals surface area contributed by atoms with E-state index in [9.17, 15) is 9.59 Å². The number of morpholine rings is 1. The maximum absolute atomic E-state index is 12.6. The third-order valence-electron chi connectivity index (χ3n) is 4.91. The van der Waals surface area contributed by atoms with Gasteiger partial charge in [0, 0.05) is 18.0 Å². The van der Waals surface area contributed by atoms with E-state index in [1.54, 1.807) is 11.3 Å². The number of aromatic nitrogens is 2. The average molecular weight is 394 g/mol. The maximum atomic E-state index is 12.6. The van der Waals surface area contributed by atoms with Crippen LogP contribution in [0.3, 0.4) is 0 Å². The van der Waals surface area contributed by atoms with Crippen molar-refractivity contribution in [2.24, 2.45) is 0 Å². The lowest BCUT2D eigenvalue weighted by Crippen LogP contribution is -2.48. The van der Waals surface area contributed by atoms with Crippen molar-refractivity contribution >= 4 is 39.2 Å². The van der Waals surface area contributed by atoms with Crippen LogP contribution in [0.25, 0.3) is 10.2 Å². The van der Waals surface area contributed by atoms with E-state index < -0.39 is 0 Å². The van der Waals surface area contributed by atoms with Crippen LogP contribution in [0.4, 0.5) is 0 Å². The van der Waals surface area contributed by atoms with Crippen LogP contribution in [0.1, 0.15) is 37.1 Å². The summed E-state index contributed by atoms with van der Waals surface area (Å²) in [5, 5.41) is 1.29. The molecular formula is C18H23N3O3S2. The molecule has 3 heterocycles. The highest BCUT2D eigenvalue weighted by atomic mass is 32.2. The van der Waals surface area contributed by atoms with Crippen molar-refractivity contribution in [3.63, 3.8) is 0 Å². The summed E-state index contributed by atoms with van der Waals surface area (Å²) >= 11 is 2.94. The number of aromatic amines is 1. The summed E-state index contributed by atoms with van der Waals surface area (Å²) in [4.78, 5) is 36.5. The number of nitrogens with zero attached hydrogens (tertiary/aromatic N) is 2. The Bertz CT molecular complexity index is 882. The van der Waals surface area contributed by atoms with Gasteiger partial charge in [0.05, 0.1) is 23.3 Å². The number of nitrogens with one attached hydrogen (secondary N) is 1. The van der Waals surface area contributed by atoms with E-state index in [0.717, 1.165) is 29.5 Å². The van der Waals surface area contributed by atoms with Gasteiger partial charge in [-0.3, -0.25) is 9.59 Å². The van der Waals surface area contributed by atoms with Crippen molar-refractivity contribution in [1.29, 1.82) is 0 Å². The number of hydrogen-bond acceptors (Lipinski definition) is 6. The quantitative estimate of drug-likeness (QED) is 0.641. The number of hydrogen-bond donors (Lipinski definition) is 1. The molecule has 0 unspecified atom stereocenters. The highest BCUT2D eigenvalue weighted by molar-refractivity contribution is 7.99. The molecule has 0 saturated carbocycles. The summed E-state index contributed by atoms with van der Waals surface area (Å²) in [6.45, 7) is 5.19. The highest BCUT2D eigenvalue weighted by Gasteiger charge is 2.26. The third-order valence-corrected chi connectivity index (χ3v) is 6.95. The Morgan fingerprint density at radius 2 is 2.04 bits per heavy atom. The minimum absolute atomic E-state index is 0.0550. The molecule has 6 nitrogen and oxygen atoms in total. The predicted octanol–water partition coefficient (Wildman–Crippen LogP) is 2.59. The lowest BCUT2D eigenvalue weighted by molar-refractivity contribution is -0.140. The van der Waals surface area contributed by atoms with Crippen LogP contribution in [-0.4, -0.2) is 51.8 Å². The SMILES string of the molecule is C[C@H]1CN(C(=O)CSc2nc3sc4c(c3c(=O)[nH]2)CCCC4)C[C@H](C)O1. The van der Waals surface area contributed by atoms with Gasteiger partial charge in [-0.15, -0.1) is 11.3 Å². The molecule has 1 N–H and O–H groups in total. The number of carbonyl (C=O) groups is 1. The average Bonchev–Trinajstić information content (AvgIpc) is 2.97. The van der Waals surface area contributed by atoms with Crippen molar-refractivity contribution in [3.05, 3.63) is 20.8 Å². The summed E-state index contributed by atoms with van der Waals surface area (Å²) in [6, 6.07) is 0. The number of aryl methyl sites for hydroxylation is 2. The molecule has 0 bridgehead atoms. The smallest absolute Gasteiger partial charge is 0.260 e. The van der Waals surface area contributed by atoms with E-state index in [-0.39, 0.29) is 29.4 Å². The van der Waals surface area contributed by atoms with Gasteiger partial charge in [0.1, 0.15) is 4.83 Å². The van der Waals surface area contributed by atoms with Crippen molar-refractivity contribution in [2.75, 3.05) is 18.8 Å². The molecule has 1 aliphatic carbocycles. The van der Waals surface area contributed by atoms with Gasteiger partial charge in [-0.05, 0) is 45.1 Å². The Hall–Kier alpha value is -1.38. The lowest BCUT2D eigenvalue weighted by atomic mass is 9.97. The number of ether oxygens (including phenoxy) is 1. The normalized spacial score (nSPS) is 23.2. The summed E-state index contributed by atoms with van der Waals surface area (Å²) in [5.41, 5.74) is 1.12. The molecular weight excluding hydrogens is 370 g/mol. The van der Waals surface area contributed by atoms with Gasteiger partial charge >= 0.3 is 0 Å². The fourth-order valence-corrected chi connectivity index (χ4v) is 5.90. The van der Waals surface area contributed by atoms with Crippen molar-refractivity contribution in [2.45, 2.75) is 56.9 Å². The second-order valence-corrected chi connectivity index (χ2v) is 9.15. The Morgan fingerprint density at radius 3 is 2.81 bits per heavy atom. The van der Waals surface area contributed by atoms with Gasteiger partial charge in [0.25, 0.3) is 5.56 Å². The molecule has 1 aliphatic heterocycles. The monoisotopic (exact) mass is 393 g/mol. The largest absolute Gasteiger partial charge is 0.372 e. The van der Waals surface area contributed by atoms with Crippen molar-refractivity contribution < 1.29 is 9.53 Å². The van der Waals surface area contributed by atoms with Crippen LogP contribution in [-0.2, 0) is 22.4 Å². The second-order valence-electron chi connectivity index (χ2n) is 7.11. The van der Waals surface area contributed by atoms with E-state index in [0.29, 0.717) is 18.2 Å². The number of thiophene rings is 1. The standard InChI is InChI=1S/C18H23N3O3S2/c1-10-7-21(8-11(2)24-10)14(22)9-25-18-19-16(23)15-12-5-3-4-6-13(12)26-17(15)20-18/h10-11H,3-9H2,1-2H3,(H,19,20,23)/t10-,11-/m0/s1. The molecule has 1 saturated heterocycles. The number of carbonyl (C=O) groups excluding carboxylic acids is 1. The van der Waals surface area contributed by atoms with Gasteiger partial charge in [0.15, 0.2) is 5.16 Å². The number of amides is 1. The minimum atomic E-state index is -0.0713. The lowest BCUT2D eigenvalue weighted by Gasteiger charge is -2.35. The number of fused-ring (bicyclic) bond motifs is 3. The first-order chi connectivity index (χ1) is 12.5. The van der Waals surface area contributed by atoms with Crippen molar-refractivity contribution in [3.8, 4) is 0 Å². The van der Waals surface area contributed by atoms with Crippen LogP contribution < -0.4 is 5.56 Å². The van der Waals surface area contributed by atoms with Gasteiger partial charge < -0.3 is 14.6 Å². The van der Waals surface area contributed by atoms with Crippen LogP contribution in [0.2, 0.25) is 0 Å². The number of H-pyrrole nitrogens is 1. The number of thioether (sulfide) groups is 1. The Labute approximate surface area is 160 Å². The first kappa shape index (κ1) is 18.0. The molecule has 2 atom stereocenters. The zero-order chi connectivity index (χ0) is 18.3. The number of rotatable bonds is 3. The molecule has 0 aromatic carbocycles. The first-order valence-electron chi connectivity index (χ1n) is 9.12. The molecule has 1 amide bonds. The molecule has 2 aromatic rings. The van der Waals surface area contributed by atoms with Gasteiger partial charge in [0.2, 0.25) is 5.91 Å². The van der Waals surface area contributed by atoms with E-state index in [1.165, 1.54) is 28.6 Å². The summed E-state index contributed by atoms with van der Waals surface area (Å²) in [6.07, 6.45) is 4.45. The third kappa shape index (κ3) is 3.54. The predicted molar refractivity (Wildman–Crippen MR) is 104 cm³/mol. The van der Waals surface area contributed by atoms with Crippen LogP contribution in [0, 0.1) is 0 Å². The van der Waals surface area contributed by atoms with Crippen LogP contribution >= 0.6 is 23.1 Å². The summed E-state index contributed by atoms with van der Waals surface area (Å²) in [5.74, 6) is 0.337. The molecule has 2 aliphatic rings. The zero-order valence-corrected chi connectivity index (χ0v) is 16.7. The first-order valence-corrected chi connectivity index (χ1v) is 10.9. The molecule has 4 rings (SSSR count). The Balaban J connectivity index is 1.49. The van der Waals surface area contributed by atoms with E-state index in [2.05, 4.69) is 9.97 Å². The molecule has 0 radical (unpaired) electrons. The summed E-state index contributed by atoms with van der Waals surface area (Å²) in [7, 11) is 0. The van der Waals surface area contributed by atoms with Crippen LogP contribution in [0.15, 0.2) is 9.95 Å². The molecule has 1 fully saturated rings. The topological polar surface area (TPSA) is 75.3 Å². The minimum Gasteiger partial charge on any atom is -0.372 e. The maximum Gasteiger partial charge on any atom is 0.260 e. The van der Waals surface area contributed by atoms with E-state index in [1.807, 2.05) is 18.7 Å². The van der Waals surface area contributed by atoms with E-state index in [4.69, 9.17) is 4.74 Å². The Kier molecular flexibility index (Phi) is 5.07. The molecule has 2 aromatic heterocycles. The fraction of sp³-hybridized carbons (Fsp3) is 0.611. The summed E-state index contributed by atoms with van der Waals surface area (Å²) < 4.78 is 5.67. The molecule has 140 valence electrons. The second kappa shape index (κ2) is 7.32. The Morgan fingerprint density at radius 1 is 1.31 bits per heavy atom. The van der Waals surface area contributed by atoms with Crippen molar-refractivity contribution in [1.82, 2.24) is 14.9 Å².